The van der Waals surface area contributed by atoms with Crippen molar-refractivity contribution in [2.45, 2.75) is 178 Å². The zero-order valence-corrected chi connectivity index (χ0v) is 72.4. The van der Waals surface area contributed by atoms with E-state index in [0.717, 1.165) is 16.3 Å². The van der Waals surface area contributed by atoms with E-state index in [-0.39, 0.29) is 140 Å². The van der Waals surface area contributed by atoms with E-state index in [1.165, 1.54) is 52.3 Å². The largest absolute Gasteiger partial charge is 0.481 e. The molecular weight excluding hydrogens is 1720 g/mol. The molecule has 9 atom stereocenters. The predicted molar refractivity (Wildman–Crippen MR) is 459 cm³/mol. The third-order valence-electron chi connectivity index (χ3n) is 23.0. The standard InChI is InChI=1S/C86H117N17O28/c104-68(36-56(32-52-10-11-53-5-1-2-6-55(53)31-52)80(123)90-22-4-3-7-66(84(127)128)98-86(131)99-67(85(129)130)17-21-76(115)116)54-12-8-51(9-13-54)40-91-81(124)57(33-60-41-87-48-92-60)37-70(106)64(15-19-74(111)112)96-83(126)59(35-62-43-89-50-94-62)39-71(107)65(16-20-75(113)114)97-82(125)58(34-61-42-88-49-93-61)38-69(105)63(14-18-73(109)110)95-72(108)44-100-23-25-101(45-77(117)118)27-29-103(47-79(121)122)30-28-102(26-24-100)46-78(119)120/h1-2,5-6,10-11,31,41-43,48-51,54,56-59,63-67H,3-4,7-9,12-30,32-40,44-47H2,(H,87,92)(H,88,93)(H,89,94)(H,90,123)(H,91,124)(H,95,108)(H,96,126)(H,97,125)(H,109,110)(H,111,112)(H,113,114)(H,115,116)(H,117,118)(H,119,120)(H,121,122)(H,127,128)(H,129,130)(H2,98,99,131)/t51?,54?,56?,57-,58-,59-,63+,64+,65+,66+,67+/m1/s1. The van der Waals surface area contributed by atoms with Crippen molar-refractivity contribution in [2.75, 3.05) is 91.6 Å². The van der Waals surface area contributed by atoms with Crippen LogP contribution in [0.25, 0.3) is 10.8 Å². The number of aliphatic carboxylic acids is 9. The van der Waals surface area contributed by atoms with Gasteiger partial charge in [-0.1, -0.05) is 42.5 Å². The van der Waals surface area contributed by atoms with Crippen molar-refractivity contribution < 1.29 is 137 Å². The third kappa shape index (κ3) is 38.9. The Kier molecular flexibility index (Phi) is 43.4. The number of imidazole rings is 3. The predicted octanol–water partition coefficient (Wildman–Crippen LogP) is 0.385. The number of hydrogen-bond acceptors (Lipinski definition) is 26. The van der Waals surface area contributed by atoms with Gasteiger partial charge >= 0.3 is 59.8 Å². The summed E-state index contributed by atoms with van der Waals surface area (Å²) < 4.78 is 0. The zero-order valence-electron chi connectivity index (χ0n) is 72.4. The van der Waals surface area contributed by atoms with Gasteiger partial charge in [0.2, 0.25) is 29.5 Å². The lowest BCUT2D eigenvalue weighted by molar-refractivity contribution is -0.141. The van der Waals surface area contributed by atoms with Crippen LogP contribution in [0.2, 0.25) is 0 Å². The van der Waals surface area contributed by atoms with Crippen LogP contribution >= 0.6 is 0 Å². The van der Waals surface area contributed by atoms with Crippen LogP contribution in [0, 0.1) is 35.5 Å². The quantitative estimate of drug-likeness (QED) is 0.0234. The number of carbonyl (C=O) groups excluding carboxylic acids is 10. The van der Waals surface area contributed by atoms with Crippen molar-refractivity contribution in [3.63, 3.8) is 0 Å². The Balaban J connectivity index is 1.01. The Bertz CT molecular complexity index is 4680. The Morgan fingerprint density at radius 1 is 0.374 bits per heavy atom. The normalized spacial score (nSPS) is 16.9. The second-order valence-electron chi connectivity index (χ2n) is 33.1. The van der Waals surface area contributed by atoms with E-state index in [1.54, 1.807) is 4.90 Å². The van der Waals surface area contributed by atoms with Crippen LogP contribution in [0.3, 0.4) is 0 Å². The topological polar surface area (TPSA) is 690 Å². The van der Waals surface area contributed by atoms with Gasteiger partial charge in [0.15, 0.2) is 17.3 Å². The lowest BCUT2D eigenvalue weighted by atomic mass is 9.77. The van der Waals surface area contributed by atoms with Crippen molar-refractivity contribution in [1.82, 2.24) is 86.7 Å². The summed E-state index contributed by atoms with van der Waals surface area (Å²) in [4.78, 5) is 278. The molecule has 45 heteroatoms. The summed E-state index contributed by atoms with van der Waals surface area (Å²) in [5, 5.41) is 107. The van der Waals surface area contributed by atoms with Crippen molar-refractivity contribution in [3.8, 4) is 0 Å². The van der Waals surface area contributed by atoms with Gasteiger partial charge in [0.1, 0.15) is 17.9 Å². The molecule has 2 fully saturated rings. The average Bonchev–Trinajstić information content (AvgIpc) is 1.79. The molecule has 0 bridgehead atoms. The number of carbonyl (C=O) groups is 19. The molecule has 3 aromatic heterocycles. The summed E-state index contributed by atoms with van der Waals surface area (Å²) in [6, 6.07) is 4.13. The maximum Gasteiger partial charge on any atom is 0.326 e. The van der Waals surface area contributed by atoms with Gasteiger partial charge < -0.3 is 98.1 Å². The van der Waals surface area contributed by atoms with Gasteiger partial charge in [-0.15, -0.1) is 0 Å². The molecule has 1 saturated carbocycles. The number of nitrogens with zero attached hydrogens (tertiary/aromatic N) is 7. The Hall–Kier alpha value is -13.3. The van der Waals surface area contributed by atoms with E-state index in [9.17, 15) is 132 Å². The van der Waals surface area contributed by atoms with Gasteiger partial charge in [0.25, 0.3) is 0 Å². The van der Waals surface area contributed by atoms with Gasteiger partial charge in [-0.05, 0) is 99.3 Å². The van der Waals surface area contributed by atoms with Crippen molar-refractivity contribution in [1.29, 1.82) is 0 Å². The second kappa shape index (κ2) is 54.2. The third-order valence-corrected chi connectivity index (χ3v) is 23.0. The number of urea groups is 1. The van der Waals surface area contributed by atoms with E-state index in [4.69, 9.17) is 5.11 Å². The van der Waals surface area contributed by atoms with E-state index in [1.807, 2.05) is 42.5 Å². The first-order valence-electron chi connectivity index (χ1n) is 43.3. The van der Waals surface area contributed by atoms with Gasteiger partial charge in [-0.2, -0.15) is 0 Å². The minimum absolute atomic E-state index is 0.00922. The summed E-state index contributed by atoms with van der Waals surface area (Å²) in [6.07, 6.45) is 2.41. The van der Waals surface area contributed by atoms with E-state index >= 15 is 0 Å². The maximum absolute atomic E-state index is 14.9. The second-order valence-corrected chi connectivity index (χ2v) is 33.1. The number of Topliss-reactive ketones (excluding diaryl/α,β-unsaturated/α-hetero) is 4. The minimum Gasteiger partial charge on any atom is -0.481 e. The molecule has 19 N–H and O–H groups in total. The molecule has 45 nitrogen and oxygen atoms in total. The fourth-order valence-electron chi connectivity index (χ4n) is 15.8. The molecule has 1 aliphatic carbocycles. The number of aromatic nitrogens is 6. The minimum atomic E-state index is -1.73. The summed E-state index contributed by atoms with van der Waals surface area (Å²) in [6.45, 7) is -1.41. The molecule has 2 aliphatic rings. The molecule has 1 saturated heterocycles. The number of nitrogens with one attached hydrogen (secondary N) is 10. The van der Waals surface area contributed by atoms with Crippen molar-refractivity contribution >= 4 is 123 Å². The van der Waals surface area contributed by atoms with Crippen LogP contribution in [0.5, 0.6) is 0 Å². The number of unbranched alkanes of at least 4 members (excludes halogenated alkanes) is 1. The highest BCUT2D eigenvalue weighted by Gasteiger charge is 2.38. The first-order chi connectivity index (χ1) is 62.4. The molecule has 4 heterocycles. The summed E-state index contributed by atoms with van der Waals surface area (Å²) >= 11 is 0. The molecule has 1 aliphatic heterocycles. The Morgan fingerprint density at radius 2 is 0.748 bits per heavy atom. The van der Waals surface area contributed by atoms with Gasteiger partial charge in [-0.3, -0.25) is 96.3 Å². The van der Waals surface area contributed by atoms with Crippen LogP contribution in [0.4, 0.5) is 4.79 Å². The number of carboxylic acid groups (broad SMARTS) is 9. The highest BCUT2D eigenvalue weighted by atomic mass is 16.4. The smallest absolute Gasteiger partial charge is 0.326 e. The van der Waals surface area contributed by atoms with Crippen LogP contribution < -0.4 is 37.2 Å². The Morgan fingerprint density at radius 3 is 1.15 bits per heavy atom. The number of H-pyrrole nitrogens is 3. The number of benzene rings is 2. The summed E-state index contributed by atoms with van der Waals surface area (Å²) in [7, 11) is 0. The van der Waals surface area contributed by atoms with Crippen molar-refractivity contribution in [3.05, 3.63) is 103 Å². The summed E-state index contributed by atoms with van der Waals surface area (Å²) in [5.41, 5.74) is 1.53. The van der Waals surface area contributed by atoms with E-state index in [0.29, 0.717) is 31.4 Å². The molecule has 7 amide bonds. The van der Waals surface area contributed by atoms with Crippen LogP contribution in [-0.4, -0.2) is 330 Å². The first kappa shape index (κ1) is 105. The number of fused-ring (bicyclic) bond motifs is 1. The molecule has 714 valence electrons. The summed E-state index contributed by atoms with van der Waals surface area (Å²) in [5.74, 6) is -24.4. The Labute approximate surface area is 751 Å². The number of ketones is 4. The SMILES string of the molecule is O=C(O)CC[C@H](NC(=O)N[C@@H](CCCCNC(=O)C(CC(=O)C1CCC(CNC(=O)[C@@H](CC(=O)[C@H](CCC(=O)O)NC(=O)[C@@H](CC(=O)[C@H](CCC(=O)O)NC(=O)[C@@H](CC(=O)[C@H](CCC(=O)O)NC(=O)CN2CCN(CC(=O)O)CCN(CC(=O)O)CCN(CC(=O)O)CC2)Cc2c[nH]cn2)Cc2c[nH]cn2)Cc2c[nH]cn2)CC1)Cc1ccc2ccccc2c1)C(=O)O)C(=O)O. The van der Waals surface area contributed by atoms with E-state index < -0.39 is 263 Å². The molecule has 5 aromatic rings. The number of rotatable bonds is 58. The highest BCUT2D eigenvalue weighted by Crippen LogP contribution is 2.32. The highest BCUT2D eigenvalue weighted by molar-refractivity contribution is 5.98. The molecule has 0 radical (unpaired) electrons. The van der Waals surface area contributed by atoms with E-state index in [2.05, 4.69) is 67.1 Å². The number of amides is 7. The number of hydrogen-bond donors (Lipinski definition) is 19. The molecular formula is C86H117N17O28. The fraction of sp³-hybridized carbons (Fsp3) is 0.558. The number of aromatic amines is 3. The monoisotopic (exact) mass is 1840 g/mol. The lowest BCUT2D eigenvalue weighted by Gasteiger charge is -2.33. The van der Waals surface area contributed by atoms with Crippen molar-refractivity contribution in [2.24, 2.45) is 35.5 Å². The zero-order chi connectivity index (χ0) is 95.6. The van der Waals surface area contributed by atoms with Gasteiger partial charge in [0.05, 0.1) is 98.1 Å². The number of carboxylic acids is 9. The van der Waals surface area contributed by atoms with Gasteiger partial charge in [0, 0.05) is 167 Å². The van der Waals surface area contributed by atoms with Crippen LogP contribution in [-0.2, 0) is 112 Å². The fourth-order valence-corrected chi connectivity index (χ4v) is 15.8. The molecule has 1 unspecified atom stereocenters. The van der Waals surface area contributed by atoms with Crippen LogP contribution in [0.1, 0.15) is 145 Å². The molecule has 0 spiro atoms. The molecule has 7 rings (SSSR count). The molecule has 131 heavy (non-hydrogen) atoms. The van der Waals surface area contributed by atoms with Crippen LogP contribution in [0.15, 0.2) is 80.0 Å². The first-order valence-corrected chi connectivity index (χ1v) is 43.3. The molecule has 2 aromatic carbocycles. The van der Waals surface area contributed by atoms with Gasteiger partial charge in [-0.25, -0.2) is 29.3 Å². The average molecular weight is 1840 g/mol. The lowest BCUT2D eigenvalue weighted by Crippen LogP contribution is -2.51. The maximum atomic E-state index is 14.9.